The van der Waals surface area contributed by atoms with Crippen LogP contribution < -0.4 is 11.1 Å². The maximum atomic E-state index is 14.3. The van der Waals surface area contributed by atoms with Crippen LogP contribution in [0.4, 0.5) is 0 Å². The van der Waals surface area contributed by atoms with E-state index >= 15 is 0 Å². The number of primary amides is 1. The van der Waals surface area contributed by atoms with E-state index in [1.165, 1.54) is 24.0 Å². The molecule has 1 saturated carbocycles. The SMILES string of the molecule is CN(C)[C@@H]1C(=O)C(C(N)=O)=C(O)[C@@]2(O)C(=O)C3=C(O)c4c(O)ccc(/C=C/C(=O)NC(C)(C)C)c4C[C@@]3(C)C[C@@]12C. The van der Waals surface area contributed by atoms with Gasteiger partial charge in [0, 0.05) is 28.0 Å². The van der Waals surface area contributed by atoms with Gasteiger partial charge >= 0.3 is 0 Å². The number of amides is 2. The number of hydrogen-bond acceptors (Lipinski definition) is 9. The fraction of sp³-hybridized carbons (Fsp3) is 0.467. The number of aromatic hydroxyl groups is 1. The number of carbonyl (C=O) groups is 4. The Kier molecular flexibility index (Phi) is 6.79. The highest BCUT2D eigenvalue weighted by atomic mass is 16.3. The van der Waals surface area contributed by atoms with Crippen molar-refractivity contribution in [1.82, 2.24) is 10.2 Å². The molecule has 220 valence electrons. The van der Waals surface area contributed by atoms with Crippen molar-refractivity contribution in [3.8, 4) is 5.75 Å². The average molecular weight is 568 g/mol. The highest BCUT2D eigenvalue weighted by molar-refractivity contribution is 6.25. The van der Waals surface area contributed by atoms with E-state index in [0.29, 0.717) is 11.1 Å². The summed E-state index contributed by atoms with van der Waals surface area (Å²) in [7, 11) is 3.09. The molecule has 1 aromatic rings. The van der Waals surface area contributed by atoms with Gasteiger partial charge in [0.15, 0.2) is 11.4 Å². The molecule has 11 heteroatoms. The molecular weight excluding hydrogens is 530 g/mol. The summed E-state index contributed by atoms with van der Waals surface area (Å²) < 4.78 is 0. The highest BCUT2D eigenvalue weighted by Crippen LogP contribution is 2.63. The number of nitrogens with one attached hydrogen (secondary N) is 1. The van der Waals surface area contributed by atoms with Gasteiger partial charge in [-0.15, -0.1) is 0 Å². The number of benzene rings is 1. The van der Waals surface area contributed by atoms with E-state index in [4.69, 9.17) is 5.73 Å². The molecule has 0 heterocycles. The molecule has 2 amide bonds. The van der Waals surface area contributed by atoms with Crippen LogP contribution in [0.15, 0.2) is 35.1 Å². The lowest BCUT2D eigenvalue weighted by molar-refractivity contribution is -0.176. The van der Waals surface area contributed by atoms with Crippen LogP contribution in [0.2, 0.25) is 0 Å². The molecule has 1 fully saturated rings. The lowest BCUT2D eigenvalue weighted by atomic mass is 9.46. The van der Waals surface area contributed by atoms with Crippen molar-refractivity contribution >= 4 is 35.2 Å². The summed E-state index contributed by atoms with van der Waals surface area (Å²) in [5.41, 5.74) is -0.924. The van der Waals surface area contributed by atoms with Crippen LogP contribution in [0.1, 0.15) is 57.7 Å². The smallest absolute Gasteiger partial charge is 0.255 e. The first-order valence-corrected chi connectivity index (χ1v) is 13.2. The van der Waals surface area contributed by atoms with Gasteiger partial charge in [-0.3, -0.25) is 24.1 Å². The van der Waals surface area contributed by atoms with Crippen molar-refractivity contribution < 1.29 is 39.6 Å². The van der Waals surface area contributed by atoms with Gasteiger partial charge in [-0.05, 0) is 71.0 Å². The lowest BCUT2D eigenvalue weighted by Crippen LogP contribution is -2.72. The largest absolute Gasteiger partial charge is 0.508 e. The van der Waals surface area contributed by atoms with E-state index in [-0.39, 0.29) is 35.6 Å². The van der Waals surface area contributed by atoms with Crippen LogP contribution in [-0.4, -0.2) is 80.0 Å². The maximum absolute atomic E-state index is 14.3. The zero-order valence-corrected chi connectivity index (χ0v) is 24.2. The Morgan fingerprint density at radius 1 is 1.12 bits per heavy atom. The van der Waals surface area contributed by atoms with E-state index in [0.717, 1.165) is 0 Å². The molecule has 0 bridgehead atoms. The fourth-order valence-corrected chi connectivity index (χ4v) is 7.08. The molecule has 7 N–H and O–H groups in total. The molecule has 0 radical (unpaired) electrons. The van der Waals surface area contributed by atoms with E-state index in [1.54, 1.807) is 33.2 Å². The van der Waals surface area contributed by atoms with Gasteiger partial charge in [0.25, 0.3) is 5.91 Å². The minimum Gasteiger partial charge on any atom is -0.508 e. The molecule has 11 nitrogen and oxygen atoms in total. The number of nitrogens with two attached hydrogens (primary N) is 1. The Balaban J connectivity index is 1.97. The number of hydrogen-bond donors (Lipinski definition) is 6. The van der Waals surface area contributed by atoms with Crippen molar-refractivity contribution in [2.24, 2.45) is 16.6 Å². The zero-order valence-electron chi connectivity index (χ0n) is 24.2. The zero-order chi connectivity index (χ0) is 31.0. The Morgan fingerprint density at radius 2 is 1.73 bits per heavy atom. The molecule has 0 aliphatic heterocycles. The van der Waals surface area contributed by atoms with Crippen LogP contribution in [-0.2, 0) is 25.6 Å². The Labute approximate surface area is 238 Å². The number of ketones is 2. The summed E-state index contributed by atoms with van der Waals surface area (Å²) >= 11 is 0. The van der Waals surface area contributed by atoms with E-state index in [1.807, 2.05) is 20.8 Å². The van der Waals surface area contributed by atoms with Gasteiger partial charge in [-0.1, -0.05) is 19.9 Å². The predicted octanol–water partition coefficient (Wildman–Crippen LogP) is 1.67. The first-order chi connectivity index (χ1) is 18.7. The summed E-state index contributed by atoms with van der Waals surface area (Å²) in [4.78, 5) is 53.9. The number of phenolic OH excluding ortho intramolecular Hbond substituents is 1. The molecule has 0 spiro atoms. The summed E-state index contributed by atoms with van der Waals surface area (Å²) in [5.74, 6) is -5.67. The van der Waals surface area contributed by atoms with E-state index < -0.39 is 62.6 Å². The molecule has 3 aliphatic carbocycles. The number of phenols is 1. The third-order valence-electron chi connectivity index (χ3n) is 8.46. The van der Waals surface area contributed by atoms with Gasteiger partial charge in [0.05, 0.1) is 11.6 Å². The Bertz CT molecular complexity index is 1500. The Morgan fingerprint density at radius 3 is 2.27 bits per heavy atom. The molecule has 1 aromatic carbocycles. The van der Waals surface area contributed by atoms with Crippen LogP contribution in [0.5, 0.6) is 5.75 Å². The molecule has 4 rings (SSSR count). The topological polar surface area (TPSA) is 190 Å². The number of likely N-dealkylation sites (N-methyl/N-ethyl adjacent to an activating group) is 1. The van der Waals surface area contributed by atoms with Crippen molar-refractivity contribution in [2.45, 2.75) is 64.6 Å². The number of aliphatic hydroxyl groups is 3. The molecule has 0 unspecified atom stereocenters. The maximum Gasteiger partial charge on any atom is 0.255 e. The van der Waals surface area contributed by atoms with Crippen LogP contribution in [0, 0.1) is 10.8 Å². The summed E-state index contributed by atoms with van der Waals surface area (Å²) in [6, 6.07) is 1.66. The van der Waals surface area contributed by atoms with E-state index in [2.05, 4.69) is 5.32 Å². The van der Waals surface area contributed by atoms with Crippen molar-refractivity contribution in [1.29, 1.82) is 0 Å². The molecule has 4 atom stereocenters. The van der Waals surface area contributed by atoms with E-state index in [9.17, 15) is 39.6 Å². The second-order valence-corrected chi connectivity index (χ2v) is 13.0. The van der Waals surface area contributed by atoms with Crippen molar-refractivity contribution in [3.05, 3.63) is 51.8 Å². The highest BCUT2D eigenvalue weighted by Gasteiger charge is 2.72. The minimum absolute atomic E-state index is 0.0500. The average Bonchev–Trinajstić information content (AvgIpc) is 2.79. The first kappa shape index (κ1) is 30.0. The Hall–Kier alpha value is -3.96. The second-order valence-electron chi connectivity index (χ2n) is 13.0. The van der Waals surface area contributed by atoms with Gasteiger partial charge < -0.3 is 31.5 Å². The standard InChI is InChI=1S/C30H37N3O8/c1-27(2,3)32-17(35)11-9-14-8-10-16(34)18-15(14)12-28(4)13-29(5)23(33(6)7)22(37)19(26(31)40)24(38)30(29,41)25(39)20(28)21(18)36/h8-11,23,34,36,38,41H,12-13H2,1-7H3,(H2,31,40)(H,32,35)/b11-9+/t23-,28+,29+,30-/m1/s1. The quantitative estimate of drug-likeness (QED) is 0.232. The lowest BCUT2D eigenvalue weighted by Gasteiger charge is -2.59. The molecule has 41 heavy (non-hydrogen) atoms. The number of carbonyl (C=O) groups excluding carboxylic acids is 4. The molecule has 3 aliphatic rings. The van der Waals surface area contributed by atoms with Crippen LogP contribution in [0.3, 0.4) is 0 Å². The molecule has 0 aromatic heterocycles. The first-order valence-electron chi connectivity index (χ1n) is 13.2. The van der Waals surface area contributed by atoms with Crippen LogP contribution in [0.25, 0.3) is 11.8 Å². The van der Waals surface area contributed by atoms with Gasteiger partial charge in [0.2, 0.25) is 11.7 Å². The number of fused-ring (bicyclic) bond motifs is 3. The van der Waals surface area contributed by atoms with Gasteiger partial charge in [-0.2, -0.15) is 0 Å². The predicted molar refractivity (Wildman–Crippen MR) is 150 cm³/mol. The van der Waals surface area contributed by atoms with Gasteiger partial charge in [-0.25, -0.2) is 0 Å². The molecular formula is C30H37N3O8. The number of aliphatic hydroxyl groups excluding tert-OH is 2. The van der Waals surface area contributed by atoms with Gasteiger partial charge in [0.1, 0.15) is 22.8 Å². The third-order valence-corrected chi connectivity index (χ3v) is 8.46. The summed E-state index contributed by atoms with van der Waals surface area (Å²) in [6.45, 7) is 8.69. The normalized spacial score (nSPS) is 29.9. The number of rotatable bonds is 4. The summed E-state index contributed by atoms with van der Waals surface area (Å²) in [6.07, 6.45) is 2.87. The fourth-order valence-electron chi connectivity index (χ4n) is 7.08. The number of nitrogens with zero attached hydrogens (tertiary/aromatic N) is 1. The monoisotopic (exact) mass is 567 g/mol. The second kappa shape index (κ2) is 9.28. The summed E-state index contributed by atoms with van der Waals surface area (Å²) in [5, 5.41) is 48.2. The minimum atomic E-state index is -2.78. The number of Topliss-reactive ketones (excluding diaryl/α,β-unsaturated/α-hetero) is 2. The van der Waals surface area contributed by atoms with Crippen molar-refractivity contribution in [3.63, 3.8) is 0 Å². The third kappa shape index (κ3) is 4.26. The molecule has 0 saturated heterocycles. The van der Waals surface area contributed by atoms with Crippen molar-refractivity contribution in [2.75, 3.05) is 14.1 Å². The van der Waals surface area contributed by atoms with Crippen LogP contribution >= 0.6 is 0 Å².